The lowest BCUT2D eigenvalue weighted by atomic mass is 9.59. The van der Waals surface area contributed by atoms with Gasteiger partial charge in [0.1, 0.15) is 17.1 Å². The van der Waals surface area contributed by atoms with Crippen LogP contribution in [0.2, 0.25) is 0 Å². The molecule has 33 heavy (non-hydrogen) atoms. The first-order valence-corrected chi connectivity index (χ1v) is 11.2. The number of rotatable bonds is 7. The number of allylic oxidation sites excluding steroid dienone is 3. The molecule has 0 radical (unpaired) electrons. The van der Waals surface area contributed by atoms with Gasteiger partial charge in [-0.2, -0.15) is 0 Å². The summed E-state index contributed by atoms with van der Waals surface area (Å²) in [5.74, 6) is 1.18. The quantitative estimate of drug-likeness (QED) is 0.629. The molecule has 4 aliphatic rings. The van der Waals surface area contributed by atoms with Gasteiger partial charge in [0, 0.05) is 23.6 Å². The van der Waals surface area contributed by atoms with Gasteiger partial charge in [0.05, 0.1) is 24.0 Å². The van der Waals surface area contributed by atoms with Crippen LogP contribution in [0.25, 0.3) is 0 Å². The second-order valence-corrected chi connectivity index (χ2v) is 9.80. The first kappa shape index (κ1) is 22.0. The number of ether oxygens (including phenoxy) is 5. The fourth-order valence-electron chi connectivity index (χ4n) is 6.42. The Balaban J connectivity index is 1.63. The number of methoxy groups -OCH3 is 1. The lowest BCUT2D eigenvalue weighted by Crippen LogP contribution is -2.57. The second-order valence-electron chi connectivity index (χ2n) is 9.80. The number of benzene rings is 1. The van der Waals surface area contributed by atoms with E-state index in [-0.39, 0.29) is 12.6 Å². The SMILES string of the molecule is C=CCc1cc2c(cc1OC)OC([C@H]1[C@@]3(CC=C)C(=O)C=C4OCO[C@@]41C[C@@H]3C(C)(C)O)O2. The molecule has 5 rings (SSSR count). The Morgan fingerprint density at radius 3 is 2.61 bits per heavy atom. The molecule has 176 valence electrons. The molecular weight excluding hydrogens is 424 g/mol. The standard InChI is InChI=1S/C26H30O7/c1-6-8-15-10-17-18(11-16(15)29-5)33-23(32-17)22-25(9-7-2)19(24(3,4)28)13-26(22)21(12-20(25)27)30-14-31-26/h6-7,10-12,19,22-23,28H,1-2,8-9,13-14H2,3-5H3/t19-,22+,23?,25-,26+/m1/s1. The number of ketones is 1. The first-order valence-electron chi connectivity index (χ1n) is 11.2. The highest BCUT2D eigenvalue weighted by atomic mass is 16.7. The van der Waals surface area contributed by atoms with E-state index in [2.05, 4.69) is 13.2 Å². The van der Waals surface area contributed by atoms with Crippen LogP contribution >= 0.6 is 0 Å². The van der Waals surface area contributed by atoms with E-state index in [4.69, 9.17) is 23.7 Å². The van der Waals surface area contributed by atoms with Crippen LogP contribution in [0.3, 0.4) is 0 Å². The van der Waals surface area contributed by atoms with Crippen molar-refractivity contribution in [2.24, 2.45) is 17.3 Å². The molecule has 5 atom stereocenters. The van der Waals surface area contributed by atoms with Gasteiger partial charge in [0.25, 0.3) is 0 Å². The predicted molar refractivity (Wildman–Crippen MR) is 120 cm³/mol. The fourth-order valence-corrected chi connectivity index (χ4v) is 6.42. The molecule has 1 aromatic rings. The summed E-state index contributed by atoms with van der Waals surface area (Å²) in [4.78, 5) is 13.7. The van der Waals surface area contributed by atoms with Crippen LogP contribution in [0.4, 0.5) is 0 Å². The maximum absolute atomic E-state index is 13.7. The Labute approximate surface area is 193 Å². The third-order valence-electron chi connectivity index (χ3n) is 7.66. The Morgan fingerprint density at radius 2 is 1.97 bits per heavy atom. The monoisotopic (exact) mass is 454 g/mol. The zero-order valence-corrected chi connectivity index (χ0v) is 19.3. The van der Waals surface area contributed by atoms with E-state index < -0.39 is 34.7 Å². The van der Waals surface area contributed by atoms with Crippen LogP contribution < -0.4 is 14.2 Å². The molecule has 7 nitrogen and oxygen atoms in total. The molecule has 1 unspecified atom stereocenters. The maximum atomic E-state index is 13.7. The molecule has 1 spiro atoms. The average molecular weight is 455 g/mol. The topological polar surface area (TPSA) is 83.5 Å². The van der Waals surface area contributed by atoms with Gasteiger partial charge >= 0.3 is 0 Å². The minimum absolute atomic E-state index is 0.0370. The zero-order chi connectivity index (χ0) is 23.6. The van der Waals surface area contributed by atoms with Gasteiger partial charge in [-0.1, -0.05) is 12.2 Å². The summed E-state index contributed by atoms with van der Waals surface area (Å²) in [6.45, 7) is 11.2. The summed E-state index contributed by atoms with van der Waals surface area (Å²) in [7, 11) is 1.61. The minimum Gasteiger partial charge on any atom is -0.496 e. The number of hydrogen-bond donors (Lipinski definition) is 1. The van der Waals surface area contributed by atoms with E-state index in [0.29, 0.717) is 42.3 Å². The Morgan fingerprint density at radius 1 is 1.24 bits per heavy atom. The Bertz CT molecular complexity index is 1050. The van der Waals surface area contributed by atoms with E-state index in [9.17, 15) is 9.90 Å². The second kappa shape index (κ2) is 7.37. The van der Waals surface area contributed by atoms with Gasteiger partial charge in [-0.25, -0.2) is 0 Å². The molecule has 2 bridgehead atoms. The average Bonchev–Trinajstić information content (AvgIpc) is 3.41. The van der Waals surface area contributed by atoms with Gasteiger partial charge in [-0.05, 0) is 39.2 Å². The summed E-state index contributed by atoms with van der Waals surface area (Å²) < 4.78 is 30.2. The van der Waals surface area contributed by atoms with Gasteiger partial charge < -0.3 is 28.8 Å². The van der Waals surface area contributed by atoms with Crippen molar-refractivity contribution in [1.82, 2.24) is 0 Å². The van der Waals surface area contributed by atoms with E-state index in [1.807, 2.05) is 6.07 Å². The molecule has 2 heterocycles. The minimum atomic E-state index is -1.15. The van der Waals surface area contributed by atoms with Crippen molar-refractivity contribution in [2.75, 3.05) is 13.9 Å². The van der Waals surface area contributed by atoms with Gasteiger partial charge in [0.2, 0.25) is 6.29 Å². The van der Waals surface area contributed by atoms with Crippen LogP contribution in [0.5, 0.6) is 17.2 Å². The highest BCUT2D eigenvalue weighted by Gasteiger charge is 2.76. The van der Waals surface area contributed by atoms with Crippen LogP contribution in [-0.4, -0.2) is 42.3 Å². The van der Waals surface area contributed by atoms with Crippen LogP contribution in [0.1, 0.15) is 32.3 Å². The summed E-state index contributed by atoms with van der Waals surface area (Å²) in [5, 5.41) is 11.2. The highest BCUT2D eigenvalue weighted by molar-refractivity contribution is 5.98. The van der Waals surface area contributed by atoms with E-state index >= 15 is 0 Å². The smallest absolute Gasteiger partial charge is 0.248 e. The van der Waals surface area contributed by atoms with Crippen LogP contribution in [-0.2, 0) is 20.7 Å². The summed E-state index contributed by atoms with van der Waals surface area (Å²) in [6.07, 6.45) is 5.62. The van der Waals surface area contributed by atoms with Crippen molar-refractivity contribution in [3.63, 3.8) is 0 Å². The number of carbonyl (C=O) groups is 1. The van der Waals surface area contributed by atoms with E-state index in [0.717, 1.165) is 5.56 Å². The third kappa shape index (κ3) is 2.91. The highest BCUT2D eigenvalue weighted by Crippen LogP contribution is 2.68. The zero-order valence-electron chi connectivity index (χ0n) is 19.3. The molecular formula is C26H30O7. The van der Waals surface area contributed by atoms with E-state index in [1.54, 1.807) is 39.2 Å². The van der Waals surface area contributed by atoms with Crippen molar-refractivity contribution in [3.8, 4) is 17.2 Å². The van der Waals surface area contributed by atoms with Crippen molar-refractivity contribution in [1.29, 1.82) is 0 Å². The van der Waals surface area contributed by atoms with E-state index in [1.165, 1.54) is 6.08 Å². The lowest BCUT2D eigenvalue weighted by molar-refractivity contribution is -0.160. The summed E-state index contributed by atoms with van der Waals surface area (Å²) >= 11 is 0. The lowest BCUT2D eigenvalue weighted by Gasteiger charge is -2.46. The molecule has 0 aromatic heterocycles. The molecule has 2 aliphatic carbocycles. The summed E-state index contributed by atoms with van der Waals surface area (Å²) in [5.41, 5.74) is -2.17. The van der Waals surface area contributed by atoms with Crippen molar-refractivity contribution >= 4 is 5.78 Å². The molecule has 7 heteroatoms. The van der Waals surface area contributed by atoms with Crippen LogP contribution in [0.15, 0.2) is 49.3 Å². The Kier molecular flexibility index (Phi) is 4.92. The molecule has 0 amide bonds. The molecule has 1 saturated heterocycles. The first-order chi connectivity index (χ1) is 15.7. The van der Waals surface area contributed by atoms with Gasteiger partial charge in [-0.15, -0.1) is 13.2 Å². The maximum Gasteiger partial charge on any atom is 0.248 e. The van der Waals surface area contributed by atoms with Crippen molar-refractivity contribution in [2.45, 2.75) is 50.6 Å². The van der Waals surface area contributed by atoms with Gasteiger partial charge in [-0.3, -0.25) is 4.79 Å². The largest absolute Gasteiger partial charge is 0.496 e. The molecule has 1 aromatic carbocycles. The predicted octanol–water partition coefficient (Wildman–Crippen LogP) is 3.70. The number of carbonyl (C=O) groups excluding carboxylic acids is 1. The summed E-state index contributed by atoms with van der Waals surface area (Å²) in [6, 6.07) is 3.69. The third-order valence-corrected chi connectivity index (χ3v) is 7.66. The Hall–Kier alpha value is -2.77. The van der Waals surface area contributed by atoms with Crippen molar-refractivity contribution in [3.05, 3.63) is 54.8 Å². The number of aliphatic hydroxyl groups is 1. The normalized spacial score (nSPS) is 33.9. The van der Waals surface area contributed by atoms with Gasteiger partial charge in [0.15, 0.2) is 24.1 Å². The van der Waals surface area contributed by atoms with Crippen molar-refractivity contribution < 1.29 is 33.6 Å². The van der Waals surface area contributed by atoms with Crippen LogP contribution in [0, 0.1) is 17.3 Å². The molecule has 2 aliphatic heterocycles. The molecule has 1 saturated carbocycles. The number of hydrogen-bond acceptors (Lipinski definition) is 7. The molecule has 2 fully saturated rings. The molecule has 1 N–H and O–H groups in total. The fraction of sp³-hybridized carbons (Fsp3) is 0.500. The number of fused-ring (bicyclic) bond motifs is 2.